The van der Waals surface area contributed by atoms with E-state index in [9.17, 15) is 0 Å². The lowest BCUT2D eigenvalue weighted by molar-refractivity contribution is 1.59. The normalized spacial score (nSPS) is 11.7. The molecule has 0 saturated heterocycles. The van der Waals surface area contributed by atoms with Crippen LogP contribution in [0.3, 0.4) is 0 Å². The van der Waals surface area contributed by atoms with Crippen LogP contribution in [0.5, 0.6) is 0 Å². The summed E-state index contributed by atoms with van der Waals surface area (Å²) in [5.41, 5.74) is 19.5. The average Bonchev–Trinajstić information content (AvgIpc) is 3.64. The first-order valence-electron chi connectivity index (χ1n) is 28.5. The zero-order chi connectivity index (χ0) is 54.1. The van der Waals surface area contributed by atoms with Gasteiger partial charge in [0.1, 0.15) is 0 Å². The lowest BCUT2D eigenvalue weighted by Crippen LogP contribution is -1.93. The molecule has 0 amide bonds. The predicted octanol–water partition coefficient (Wildman–Crippen LogP) is 23.1. The standard InChI is InChI=1S/C82H52/c1-4-28-64-53(19-1)22-17-39-66(64)56-41-45-58(46-42-56)78-70-31-7-11-35-74(70)81(75-36-12-8-32-71(75)78)61-25-15-24-60(51-61)69-50-49-55-21-3-6-30-68(55)80(69)62-26-16-27-63(52-62)82-76-37-13-9-33-72(76)79(73-34-10-14-38-77(73)82)59-47-43-57(44-48-59)67-40-18-23-54-20-2-5-29-65(54)67/h1-52H. The Morgan fingerprint density at radius 1 is 0.122 bits per heavy atom. The van der Waals surface area contributed by atoms with E-state index in [4.69, 9.17) is 0 Å². The third-order valence-corrected chi connectivity index (χ3v) is 17.2. The average molecular weight is 1040 g/mol. The van der Waals surface area contributed by atoms with E-state index in [-0.39, 0.29) is 0 Å². The van der Waals surface area contributed by atoms with E-state index in [1.54, 1.807) is 0 Å². The van der Waals surface area contributed by atoms with Crippen molar-refractivity contribution in [2.45, 2.75) is 0 Å². The zero-order valence-corrected chi connectivity index (χ0v) is 45.0. The van der Waals surface area contributed by atoms with Crippen molar-refractivity contribution in [3.8, 4) is 89.0 Å². The summed E-state index contributed by atoms with van der Waals surface area (Å²) < 4.78 is 0. The second kappa shape index (κ2) is 19.6. The first-order valence-corrected chi connectivity index (χ1v) is 28.5. The molecule has 0 nitrogen and oxygen atoms in total. The van der Waals surface area contributed by atoms with Gasteiger partial charge in [-0.1, -0.05) is 303 Å². The third kappa shape index (κ3) is 7.83. The molecular formula is C82H52. The number of rotatable bonds is 8. The maximum atomic E-state index is 2.44. The SMILES string of the molecule is c1cc(-c2ccc3ccccc3c2-c2cccc(-c3c4ccccc4c(-c4ccc(-c5cccc6ccccc56)cc4)c4ccccc34)c2)cc(-c2c3ccccc3c(-c3ccc(-c4cccc5ccccc45)cc3)c3ccccc23)c1. The van der Waals surface area contributed by atoms with Crippen LogP contribution in [-0.2, 0) is 0 Å². The van der Waals surface area contributed by atoms with Gasteiger partial charge in [-0.2, -0.15) is 0 Å². The van der Waals surface area contributed by atoms with Crippen LogP contribution in [-0.4, -0.2) is 0 Å². The molecule has 0 saturated carbocycles. The van der Waals surface area contributed by atoms with E-state index in [1.807, 2.05) is 0 Å². The van der Waals surface area contributed by atoms with Crippen LogP contribution in [0.4, 0.5) is 0 Å². The summed E-state index contributed by atoms with van der Waals surface area (Å²) in [5, 5.41) is 17.4. The van der Waals surface area contributed by atoms with Crippen molar-refractivity contribution in [3.63, 3.8) is 0 Å². The van der Waals surface area contributed by atoms with Crippen molar-refractivity contribution < 1.29 is 0 Å². The quantitative estimate of drug-likeness (QED) is 0.133. The van der Waals surface area contributed by atoms with E-state index in [0.29, 0.717) is 0 Å². The second-order valence-corrected chi connectivity index (χ2v) is 21.8. The molecule has 0 aromatic heterocycles. The third-order valence-electron chi connectivity index (χ3n) is 17.2. The van der Waals surface area contributed by atoms with Crippen LogP contribution in [0, 0.1) is 0 Å². The molecule has 0 unspecified atom stereocenters. The van der Waals surface area contributed by atoms with E-state index in [0.717, 1.165) is 0 Å². The maximum Gasteiger partial charge on any atom is -0.00262 e. The van der Waals surface area contributed by atoms with Crippen molar-refractivity contribution >= 4 is 75.4 Å². The Hall–Kier alpha value is -10.7. The number of hydrogen-bond donors (Lipinski definition) is 0. The van der Waals surface area contributed by atoms with Crippen LogP contribution in [0.25, 0.3) is 164 Å². The minimum absolute atomic E-state index is 1.18. The lowest BCUT2D eigenvalue weighted by atomic mass is 9.83. The van der Waals surface area contributed by atoms with E-state index >= 15 is 0 Å². The topological polar surface area (TPSA) is 0 Å². The number of hydrogen-bond acceptors (Lipinski definition) is 0. The van der Waals surface area contributed by atoms with E-state index in [2.05, 4.69) is 315 Å². The summed E-state index contributed by atoms with van der Waals surface area (Å²) >= 11 is 0. The molecule has 0 spiro atoms. The molecule has 0 heterocycles. The van der Waals surface area contributed by atoms with Crippen LogP contribution < -0.4 is 0 Å². The summed E-state index contributed by atoms with van der Waals surface area (Å²) in [4.78, 5) is 0. The fraction of sp³-hybridized carbons (Fsp3) is 0. The van der Waals surface area contributed by atoms with Crippen molar-refractivity contribution in [3.05, 3.63) is 315 Å². The summed E-state index contributed by atoms with van der Waals surface area (Å²) in [5.74, 6) is 0. The van der Waals surface area contributed by atoms with Gasteiger partial charge in [0.05, 0.1) is 0 Å². The molecule has 16 aromatic carbocycles. The van der Waals surface area contributed by atoms with Crippen molar-refractivity contribution in [2.75, 3.05) is 0 Å². The second-order valence-electron chi connectivity index (χ2n) is 21.8. The lowest BCUT2D eigenvalue weighted by Gasteiger charge is -2.20. The fourth-order valence-electron chi connectivity index (χ4n) is 13.6. The van der Waals surface area contributed by atoms with Gasteiger partial charge < -0.3 is 0 Å². The summed E-state index contributed by atoms with van der Waals surface area (Å²) in [6, 6.07) is 117. The smallest absolute Gasteiger partial charge is 0.00262 e. The predicted molar refractivity (Wildman–Crippen MR) is 352 cm³/mol. The van der Waals surface area contributed by atoms with Gasteiger partial charge in [0.15, 0.2) is 0 Å². The van der Waals surface area contributed by atoms with E-state index < -0.39 is 0 Å². The molecule has 0 bridgehead atoms. The minimum Gasteiger partial charge on any atom is -0.0616 e. The molecule has 380 valence electrons. The van der Waals surface area contributed by atoms with Crippen LogP contribution in [0.2, 0.25) is 0 Å². The fourth-order valence-corrected chi connectivity index (χ4v) is 13.6. The van der Waals surface area contributed by atoms with Gasteiger partial charge in [0.2, 0.25) is 0 Å². The molecule has 16 aromatic rings. The molecule has 0 aliphatic rings. The van der Waals surface area contributed by atoms with Crippen molar-refractivity contribution in [1.82, 2.24) is 0 Å². The van der Waals surface area contributed by atoms with Crippen LogP contribution >= 0.6 is 0 Å². The molecule has 0 aliphatic heterocycles. The molecular weight excluding hydrogens is 985 g/mol. The highest BCUT2D eigenvalue weighted by Gasteiger charge is 2.21. The highest BCUT2D eigenvalue weighted by atomic mass is 14.2. The van der Waals surface area contributed by atoms with Gasteiger partial charge in [-0.25, -0.2) is 0 Å². The van der Waals surface area contributed by atoms with Gasteiger partial charge in [0, 0.05) is 0 Å². The van der Waals surface area contributed by atoms with Crippen molar-refractivity contribution in [1.29, 1.82) is 0 Å². The number of fused-ring (bicyclic) bond motifs is 7. The molecule has 82 heavy (non-hydrogen) atoms. The highest BCUT2D eigenvalue weighted by Crippen LogP contribution is 2.49. The largest absolute Gasteiger partial charge is 0.0616 e. The van der Waals surface area contributed by atoms with Gasteiger partial charge in [-0.15, -0.1) is 0 Å². The summed E-state index contributed by atoms with van der Waals surface area (Å²) in [7, 11) is 0. The monoisotopic (exact) mass is 1040 g/mol. The first kappa shape index (κ1) is 47.3. The first-order chi connectivity index (χ1) is 40.7. The molecule has 0 aliphatic carbocycles. The Labute approximate surface area is 477 Å². The molecule has 0 atom stereocenters. The molecule has 0 heteroatoms. The zero-order valence-electron chi connectivity index (χ0n) is 45.0. The Morgan fingerprint density at radius 2 is 0.390 bits per heavy atom. The highest BCUT2D eigenvalue weighted by molar-refractivity contribution is 6.23. The van der Waals surface area contributed by atoms with Crippen molar-refractivity contribution in [2.24, 2.45) is 0 Å². The van der Waals surface area contributed by atoms with Crippen LogP contribution in [0.15, 0.2) is 315 Å². The Kier molecular flexibility index (Phi) is 11.3. The van der Waals surface area contributed by atoms with Gasteiger partial charge in [0.25, 0.3) is 0 Å². The Balaban J connectivity index is 0.824. The van der Waals surface area contributed by atoms with Gasteiger partial charge >= 0.3 is 0 Å². The van der Waals surface area contributed by atoms with Crippen LogP contribution in [0.1, 0.15) is 0 Å². The molecule has 16 rings (SSSR count). The molecule has 0 fully saturated rings. The maximum absolute atomic E-state index is 2.44. The van der Waals surface area contributed by atoms with E-state index in [1.165, 1.54) is 164 Å². The van der Waals surface area contributed by atoms with Gasteiger partial charge in [-0.3, -0.25) is 0 Å². The Bertz CT molecular complexity index is 5070. The minimum atomic E-state index is 1.18. The summed E-state index contributed by atoms with van der Waals surface area (Å²) in [6.45, 7) is 0. The Morgan fingerprint density at radius 3 is 0.793 bits per heavy atom. The van der Waals surface area contributed by atoms with Gasteiger partial charge in [-0.05, 0) is 177 Å². The number of benzene rings is 16. The summed E-state index contributed by atoms with van der Waals surface area (Å²) in [6.07, 6.45) is 0. The molecule has 0 radical (unpaired) electrons. The molecule has 0 N–H and O–H groups in total.